The van der Waals surface area contributed by atoms with Crippen LogP contribution in [0.1, 0.15) is 13.3 Å². The van der Waals surface area contributed by atoms with Gasteiger partial charge in [-0.25, -0.2) is 0 Å². The fraction of sp³-hybridized carbons (Fsp3) is 0.667. The van der Waals surface area contributed by atoms with Crippen LogP contribution in [-0.4, -0.2) is 20.0 Å². The van der Waals surface area contributed by atoms with Crippen LogP contribution in [0.4, 0.5) is 0 Å². The second-order valence-corrected chi connectivity index (χ2v) is 9.37. The number of primary amides is 1. The highest BCUT2D eigenvalue weighted by Gasteiger charge is 2.18. The van der Waals surface area contributed by atoms with Gasteiger partial charge in [0, 0.05) is 11.6 Å². The van der Waals surface area contributed by atoms with E-state index in [1.165, 1.54) is 0 Å². The number of rotatable bonds is 4. The van der Waals surface area contributed by atoms with Gasteiger partial charge in [-0.1, -0.05) is 32.3 Å². The molecule has 0 rings (SSSR count). The van der Waals surface area contributed by atoms with Gasteiger partial charge in [0.1, 0.15) is 0 Å². The Kier molecular flexibility index (Phi) is 4.36. The lowest BCUT2D eigenvalue weighted by Gasteiger charge is -2.16. The Morgan fingerprint density at radius 3 is 2.15 bits per heavy atom. The first-order valence-corrected chi connectivity index (χ1v) is 8.13. The first-order valence-electron chi connectivity index (χ1n) is 4.56. The minimum atomic E-state index is -1.40. The Morgan fingerprint density at radius 1 is 1.46 bits per heavy atom. The number of hydrogen-bond donors (Lipinski definition) is 2. The maximum atomic E-state index is 11.1. The lowest BCUT2D eigenvalue weighted by Crippen LogP contribution is -2.33. The molecule has 4 N–H and O–H groups in total. The van der Waals surface area contributed by atoms with Crippen LogP contribution >= 0.6 is 0 Å². The van der Waals surface area contributed by atoms with E-state index < -0.39 is 8.07 Å². The van der Waals surface area contributed by atoms with Crippen LogP contribution in [0.5, 0.6) is 0 Å². The fourth-order valence-electron chi connectivity index (χ4n) is 1.05. The Hall–Kier alpha value is -0.613. The van der Waals surface area contributed by atoms with Gasteiger partial charge in [-0.2, -0.15) is 0 Å². The van der Waals surface area contributed by atoms with Crippen molar-refractivity contribution >= 4 is 14.0 Å². The molecule has 4 heteroatoms. The van der Waals surface area contributed by atoms with E-state index in [-0.39, 0.29) is 11.9 Å². The van der Waals surface area contributed by atoms with Crippen molar-refractivity contribution in [2.45, 2.75) is 39.0 Å². The molecule has 0 bridgehead atoms. The summed E-state index contributed by atoms with van der Waals surface area (Å²) in [6.07, 6.45) is 0.749. The van der Waals surface area contributed by atoms with E-state index in [0.717, 1.165) is 6.42 Å². The Bertz CT molecular complexity index is 218. The largest absolute Gasteiger partial charge is 0.366 e. The quantitative estimate of drug-likeness (QED) is 0.525. The normalized spacial score (nSPS) is 15.6. The van der Waals surface area contributed by atoms with E-state index in [9.17, 15) is 4.79 Å². The first-order chi connectivity index (χ1) is 5.78. The predicted octanol–water partition coefficient (Wildman–Crippen LogP) is 1.01. The molecule has 0 aromatic rings. The van der Waals surface area contributed by atoms with Crippen molar-refractivity contribution in [3.05, 3.63) is 11.3 Å². The molecule has 1 unspecified atom stereocenters. The molecule has 3 nitrogen and oxygen atoms in total. The zero-order valence-corrected chi connectivity index (χ0v) is 9.92. The molecule has 13 heavy (non-hydrogen) atoms. The monoisotopic (exact) mass is 200 g/mol. The summed E-state index contributed by atoms with van der Waals surface area (Å²) in [5.74, 6) is -0.378. The molecule has 76 valence electrons. The average molecular weight is 200 g/mol. The third-order valence-corrected chi connectivity index (χ3v) is 2.89. The summed E-state index contributed by atoms with van der Waals surface area (Å²) in [6, 6.07) is -0.204. The molecule has 0 aliphatic carbocycles. The van der Waals surface area contributed by atoms with Crippen molar-refractivity contribution in [3.63, 3.8) is 0 Å². The zero-order chi connectivity index (χ0) is 10.6. The van der Waals surface area contributed by atoms with Gasteiger partial charge in [0.05, 0.1) is 8.07 Å². The summed E-state index contributed by atoms with van der Waals surface area (Å²) >= 11 is 0. The highest BCUT2D eigenvalue weighted by molar-refractivity contribution is 6.81. The molecule has 0 aromatic carbocycles. The van der Waals surface area contributed by atoms with E-state index in [4.69, 9.17) is 11.5 Å². The maximum absolute atomic E-state index is 11.1. The third-order valence-electron chi connectivity index (χ3n) is 1.71. The van der Waals surface area contributed by atoms with Gasteiger partial charge in [0.15, 0.2) is 0 Å². The molecule has 0 spiro atoms. The van der Waals surface area contributed by atoms with Crippen LogP contribution < -0.4 is 11.5 Å². The summed E-state index contributed by atoms with van der Waals surface area (Å²) < 4.78 is 0. The number of amides is 1. The molecule has 0 heterocycles. The SMILES string of the molecule is CCC(N)C(=C[Si](C)(C)C)C(N)=O. The third kappa shape index (κ3) is 4.85. The van der Waals surface area contributed by atoms with Crippen molar-refractivity contribution in [2.75, 3.05) is 0 Å². The maximum Gasteiger partial charge on any atom is 0.245 e. The van der Waals surface area contributed by atoms with Crippen molar-refractivity contribution in [1.29, 1.82) is 0 Å². The summed E-state index contributed by atoms with van der Waals surface area (Å²) in [5.41, 5.74) is 13.6. The molecule has 1 amide bonds. The van der Waals surface area contributed by atoms with Gasteiger partial charge in [-0.15, -0.1) is 0 Å². The molecule has 0 aromatic heterocycles. The van der Waals surface area contributed by atoms with Crippen LogP contribution in [0.15, 0.2) is 11.3 Å². The smallest absolute Gasteiger partial charge is 0.245 e. The van der Waals surface area contributed by atoms with Gasteiger partial charge < -0.3 is 11.5 Å². The van der Waals surface area contributed by atoms with Crippen LogP contribution in [0.3, 0.4) is 0 Å². The predicted molar refractivity (Wildman–Crippen MR) is 58.9 cm³/mol. The number of nitrogens with two attached hydrogens (primary N) is 2. The standard InChI is InChI=1S/C9H20N2OSi/c1-5-8(10)7(9(11)12)6-13(2,3)4/h6,8H,5,10H2,1-4H3,(H2,11,12). The van der Waals surface area contributed by atoms with E-state index >= 15 is 0 Å². The summed E-state index contributed by atoms with van der Waals surface area (Å²) in [6.45, 7) is 8.40. The summed E-state index contributed by atoms with van der Waals surface area (Å²) in [5, 5.41) is 0. The Balaban J connectivity index is 4.81. The van der Waals surface area contributed by atoms with Crippen LogP contribution in [0.2, 0.25) is 19.6 Å². The second-order valence-electron chi connectivity index (χ2n) is 4.34. The minimum absolute atomic E-state index is 0.204. The van der Waals surface area contributed by atoms with Crippen LogP contribution in [0.25, 0.3) is 0 Å². The number of carbonyl (C=O) groups excluding carboxylic acids is 1. The zero-order valence-electron chi connectivity index (χ0n) is 8.92. The fourth-order valence-corrected chi connectivity index (χ4v) is 2.34. The van der Waals surface area contributed by atoms with E-state index in [2.05, 4.69) is 19.6 Å². The molecule has 0 radical (unpaired) electrons. The van der Waals surface area contributed by atoms with Gasteiger partial charge in [0.25, 0.3) is 0 Å². The molecule has 0 aliphatic heterocycles. The molecule has 0 fully saturated rings. The molecular formula is C9H20N2OSi. The van der Waals surface area contributed by atoms with Crippen molar-refractivity contribution < 1.29 is 4.79 Å². The van der Waals surface area contributed by atoms with Gasteiger partial charge in [-0.3, -0.25) is 4.79 Å². The molecule has 1 atom stereocenters. The van der Waals surface area contributed by atoms with E-state index in [0.29, 0.717) is 5.57 Å². The van der Waals surface area contributed by atoms with E-state index in [1.54, 1.807) is 0 Å². The molecule has 0 saturated carbocycles. The van der Waals surface area contributed by atoms with Crippen LogP contribution in [-0.2, 0) is 4.79 Å². The minimum Gasteiger partial charge on any atom is -0.366 e. The Labute approximate surface area is 81.2 Å². The number of carbonyl (C=O) groups is 1. The van der Waals surface area contributed by atoms with Gasteiger partial charge in [-0.05, 0) is 6.42 Å². The highest BCUT2D eigenvalue weighted by atomic mass is 28.3. The van der Waals surface area contributed by atoms with Crippen molar-refractivity contribution in [1.82, 2.24) is 0 Å². The van der Waals surface area contributed by atoms with E-state index in [1.807, 2.05) is 12.6 Å². The average Bonchev–Trinajstić information content (AvgIpc) is 1.96. The van der Waals surface area contributed by atoms with Crippen molar-refractivity contribution in [3.8, 4) is 0 Å². The lowest BCUT2D eigenvalue weighted by atomic mass is 10.1. The Morgan fingerprint density at radius 2 is 1.92 bits per heavy atom. The van der Waals surface area contributed by atoms with Crippen LogP contribution in [0, 0.1) is 0 Å². The second kappa shape index (κ2) is 4.57. The van der Waals surface area contributed by atoms with Crippen molar-refractivity contribution in [2.24, 2.45) is 11.5 Å². The highest BCUT2D eigenvalue weighted by Crippen LogP contribution is 2.10. The molecule has 0 aliphatic rings. The van der Waals surface area contributed by atoms with Gasteiger partial charge in [0.2, 0.25) is 5.91 Å². The topological polar surface area (TPSA) is 69.1 Å². The van der Waals surface area contributed by atoms with Gasteiger partial charge >= 0.3 is 0 Å². The number of hydrogen-bond acceptors (Lipinski definition) is 2. The summed E-state index contributed by atoms with van der Waals surface area (Å²) in [4.78, 5) is 11.1. The molecule has 0 saturated heterocycles. The summed E-state index contributed by atoms with van der Waals surface area (Å²) in [7, 11) is -1.40. The lowest BCUT2D eigenvalue weighted by molar-refractivity contribution is -0.114. The first kappa shape index (κ1) is 12.4. The molecular weight excluding hydrogens is 180 g/mol.